The Bertz CT molecular complexity index is 1290. The number of halogens is 1. The minimum Gasteiger partial charge on any atom is -0.479 e. The van der Waals surface area contributed by atoms with Crippen molar-refractivity contribution in [3.05, 3.63) is 36.2 Å². The second-order valence-corrected chi connectivity index (χ2v) is 12.8. The second-order valence-electron chi connectivity index (χ2n) is 11.0. The minimum absolute atomic E-state index is 0.0148. The highest BCUT2D eigenvalue weighted by molar-refractivity contribution is 7.89. The van der Waals surface area contributed by atoms with Crippen LogP contribution in [0, 0.1) is 29.0 Å². The number of esters is 1. The van der Waals surface area contributed by atoms with Crippen LogP contribution in [0.3, 0.4) is 0 Å². The van der Waals surface area contributed by atoms with Gasteiger partial charge in [0.15, 0.2) is 18.2 Å². The number of ether oxygens (including phenoxy) is 2. The van der Waals surface area contributed by atoms with Crippen molar-refractivity contribution in [1.29, 1.82) is 0 Å². The lowest BCUT2D eigenvalue weighted by Crippen LogP contribution is -2.53. The fourth-order valence-corrected chi connectivity index (χ4v) is 7.73. The summed E-state index contributed by atoms with van der Waals surface area (Å²) >= 11 is 0. The van der Waals surface area contributed by atoms with Gasteiger partial charge in [-0.05, 0) is 67.6 Å². The third-order valence-electron chi connectivity index (χ3n) is 8.80. The number of ketones is 1. The molecule has 4 aliphatic rings. The summed E-state index contributed by atoms with van der Waals surface area (Å²) < 4.78 is 50.7. The zero-order valence-corrected chi connectivity index (χ0v) is 22.2. The molecule has 1 aliphatic heterocycles. The van der Waals surface area contributed by atoms with E-state index in [1.807, 2.05) is 6.08 Å². The number of hydrogen-bond donors (Lipinski definition) is 1. The van der Waals surface area contributed by atoms with Crippen LogP contribution in [0.1, 0.15) is 56.9 Å². The molecule has 12 heteroatoms. The van der Waals surface area contributed by atoms with Crippen molar-refractivity contribution in [2.75, 3.05) is 12.9 Å². The second kappa shape index (κ2) is 10.1. The highest BCUT2D eigenvalue weighted by Crippen LogP contribution is 2.58. The van der Waals surface area contributed by atoms with Gasteiger partial charge in [-0.1, -0.05) is 12.5 Å². The molecule has 1 heterocycles. The molecule has 1 aromatic rings. The lowest BCUT2D eigenvalue weighted by atomic mass is 9.57. The van der Waals surface area contributed by atoms with Crippen LogP contribution in [0.4, 0.5) is 4.39 Å². The fraction of sp³-hybridized carbons (Fsp3) is 0.577. The maximum Gasteiger partial charge on any atom is 0.487 e. The van der Waals surface area contributed by atoms with E-state index in [4.69, 9.17) is 9.47 Å². The smallest absolute Gasteiger partial charge is 0.479 e. The third kappa shape index (κ3) is 4.77. The number of rotatable bonds is 6. The Morgan fingerprint density at radius 2 is 2.13 bits per heavy atom. The monoisotopic (exact) mass is 546 g/mol. The summed E-state index contributed by atoms with van der Waals surface area (Å²) in [4.78, 5) is 25.9. The SMILES string of the molecule is C=CC1CCC23CCCC(C(OC(=O)COc4ccc5c(c4F)B(O)N(S(C)(=O)=O)N=C5)C1)C2C(=O)CC3. The van der Waals surface area contributed by atoms with Crippen molar-refractivity contribution in [1.82, 2.24) is 4.33 Å². The van der Waals surface area contributed by atoms with Crippen molar-refractivity contribution >= 4 is 40.5 Å². The van der Waals surface area contributed by atoms with Crippen molar-refractivity contribution in [3.8, 4) is 5.75 Å². The predicted molar refractivity (Wildman–Crippen MR) is 139 cm³/mol. The van der Waals surface area contributed by atoms with Gasteiger partial charge in [-0.25, -0.2) is 21.9 Å². The highest BCUT2D eigenvalue weighted by atomic mass is 32.2. The number of benzene rings is 1. The standard InChI is InChI=1S/C26H32BFN2O7S/c1-3-16-8-11-26-10-4-5-18(23(26)19(31)9-12-26)21(13-16)37-22(32)15-36-20-7-6-17-14-29-30(38(2,34)35)27(33)24(17)25(20)28/h3,6-7,14,16,18,21,23,33H,1,4-5,8-13,15H2,2H3. The number of carbonyl (C=O) groups is 2. The molecule has 0 saturated heterocycles. The van der Waals surface area contributed by atoms with E-state index < -0.39 is 41.6 Å². The average Bonchev–Trinajstić information content (AvgIpc) is 3.20. The Morgan fingerprint density at radius 1 is 1.34 bits per heavy atom. The number of Topliss-reactive ketones (excluding diaryl/α,β-unsaturated/α-hetero) is 1. The van der Waals surface area contributed by atoms with Crippen LogP contribution < -0.4 is 10.2 Å². The molecule has 0 amide bonds. The summed E-state index contributed by atoms with van der Waals surface area (Å²) in [5.74, 6) is -1.71. The molecule has 3 saturated carbocycles. The first kappa shape index (κ1) is 26.9. The van der Waals surface area contributed by atoms with Gasteiger partial charge in [0, 0.05) is 23.7 Å². The lowest BCUT2D eigenvalue weighted by molar-refractivity contribution is -0.162. The van der Waals surface area contributed by atoms with Gasteiger partial charge in [-0.2, -0.15) is 5.10 Å². The van der Waals surface area contributed by atoms with Gasteiger partial charge in [-0.3, -0.25) is 4.79 Å². The van der Waals surface area contributed by atoms with Crippen LogP contribution in [-0.2, 0) is 24.3 Å². The molecular formula is C26H32BFN2O7S. The Balaban J connectivity index is 1.31. The van der Waals surface area contributed by atoms with Crippen LogP contribution in [0.5, 0.6) is 5.75 Å². The zero-order valence-electron chi connectivity index (χ0n) is 21.3. The fourth-order valence-electron chi connectivity index (χ4n) is 7.05. The van der Waals surface area contributed by atoms with E-state index in [1.54, 1.807) is 0 Å². The van der Waals surface area contributed by atoms with Crippen LogP contribution in [0.15, 0.2) is 29.9 Å². The molecule has 2 bridgehead atoms. The lowest BCUT2D eigenvalue weighted by Gasteiger charge is -2.48. The molecule has 5 rings (SSSR count). The van der Waals surface area contributed by atoms with E-state index in [0.717, 1.165) is 51.0 Å². The number of sulfonamides is 1. The van der Waals surface area contributed by atoms with Crippen LogP contribution in [0.2, 0.25) is 0 Å². The van der Waals surface area contributed by atoms with E-state index in [2.05, 4.69) is 11.7 Å². The minimum atomic E-state index is -3.95. The molecule has 38 heavy (non-hydrogen) atoms. The molecule has 204 valence electrons. The van der Waals surface area contributed by atoms with Crippen molar-refractivity contribution < 1.29 is 36.9 Å². The summed E-state index contributed by atoms with van der Waals surface area (Å²) in [7, 11) is -5.82. The molecule has 3 fully saturated rings. The summed E-state index contributed by atoms with van der Waals surface area (Å²) in [5, 5.41) is 14.1. The molecular weight excluding hydrogens is 514 g/mol. The predicted octanol–water partition coefficient (Wildman–Crippen LogP) is 2.16. The number of hydrazone groups is 1. The maximum atomic E-state index is 15.3. The Kier molecular flexibility index (Phi) is 7.15. The van der Waals surface area contributed by atoms with E-state index in [-0.39, 0.29) is 45.7 Å². The average molecular weight is 546 g/mol. The number of hydrogen-bond acceptors (Lipinski definition) is 8. The summed E-state index contributed by atoms with van der Waals surface area (Å²) in [6.45, 7) is 3.38. The number of allylic oxidation sites excluding steroid dienone is 1. The molecule has 0 radical (unpaired) electrons. The molecule has 1 aromatic carbocycles. The number of carbonyl (C=O) groups excluding carboxylic acids is 2. The van der Waals surface area contributed by atoms with E-state index in [9.17, 15) is 23.0 Å². The Morgan fingerprint density at radius 3 is 2.87 bits per heavy atom. The van der Waals surface area contributed by atoms with E-state index >= 15 is 4.39 Å². The van der Waals surface area contributed by atoms with Gasteiger partial charge < -0.3 is 14.5 Å². The largest absolute Gasteiger partial charge is 0.487 e. The molecule has 9 nitrogen and oxygen atoms in total. The quantitative estimate of drug-likeness (QED) is 0.330. The van der Waals surface area contributed by atoms with Gasteiger partial charge in [0.25, 0.3) is 0 Å². The van der Waals surface area contributed by atoms with Crippen LogP contribution in [0.25, 0.3) is 0 Å². The first-order valence-corrected chi connectivity index (χ1v) is 14.9. The molecule has 5 unspecified atom stereocenters. The molecule has 1 N–H and O–H groups in total. The van der Waals surface area contributed by atoms with Gasteiger partial charge in [-0.15, -0.1) is 6.58 Å². The Hall–Kier alpha value is -2.73. The molecule has 3 aliphatic carbocycles. The van der Waals surface area contributed by atoms with Crippen LogP contribution in [-0.4, -0.2) is 61.8 Å². The van der Waals surface area contributed by atoms with Gasteiger partial charge in [0.2, 0.25) is 10.0 Å². The third-order valence-corrected chi connectivity index (χ3v) is 9.77. The number of fused-ring (bicyclic) bond motifs is 1. The van der Waals surface area contributed by atoms with Crippen LogP contribution >= 0.6 is 0 Å². The summed E-state index contributed by atoms with van der Waals surface area (Å²) in [5.41, 5.74) is -0.140. The molecule has 0 spiro atoms. The summed E-state index contributed by atoms with van der Waals surface area (Å²) in [6.07, 6.45) is 10.2. The van der Waals surface area contributed by atoms with Crippen molar-refractivity contribution in [2.45, 2.75) is 57.5 Å². The maximum absolute atomic E-state index is 15.3. The molecule has 5 atom stereocenters. The number of nitrogens with zero attached hydrogens (tertiary/aromatic N) is 2. The normalized spacial score (nSPS) is 30.7. The van der Waals surface area contributed by atoms with Gasteiger partial charge >= 0.3 is 13.0 Å². The first-order chi connectivity index (χ1) is 18.0. The van der Waals surface area contributed by atoms with E-state index in [1.165, 1.54) is 12.1 Å². The van der Waals surface area contributed by atoms with Gasteiger partial charge in [0.05, 0.1) is 12.5 Å². The summed E-state index contributed by atoms with van der Waals surface area (Å²) in [6, 6.07) is 2.70. The van der Waals surface area contributed by atoms with E-state index in [0.29, 0.717) is 17.2 Å². The molecule has 0 aromatic heterocycles. The first-order valence-electron chi connectivity index (χ1n) is 13.1. The van der Waals surface area contributed by atoms with Crippen molar-refractivity contribution in [3.63, 3.8) is 0 Å². The van der Waals surface area contributed by atoms with Crippen molar-refractivity contribution in [2.24, 2.45) is 28.3 Å². The van der Waals surface area contributed by atoms with Gasteiger partial charge in [0.1, 0.15) is 11.9 Å². The topological polar surface area (TPSA) is 123 Å². The Labute approximate surface area is 222 Å². The zero-order chi connectivity index (χ0) is 27.2. The highest BCUT2D eigenvalue weighted by Gasteiger charge is 2.56.